The number of nitrogens with one attached hydrogen (secondary N) is 1. The van der Waals surface area contributed by atoms with Gasteiger partial charge in [0.15, 0.2) is 0 Å². The summed E-state index contributed by atoms with van der Waals surface area (Å²) in [6, 6.07) is 3.28. The maximum absolute atomic E-state index is 14.2. The maximum Gasteiger partial charge on any atom is 0.306 e. The molecule has 0 radical (unpaired) electrons. The Morgan fingerprint density at radius 3 is 2.88 bits per heavy atom. The average Bonchev–Trinajstić information content (AvgIpc) is 2.88. The summed E-state index contributed by atoms with van der Waals surface area (Å²) in [6.07, 6.45) is 0.328. The van der Waals surface area contributed by atoms with Crippen LogP contribution in [0, 0.1) is 30.0 Å². The molecule has 6 heteroatoms. The summed E-state index contributed by atoms with van der Waals surface area (Å²) in [6.45, 7) is 5.92. The van der Waals surface area contributed by atoms with E-state index >= 15 is 0 Å². The van der Waals surface area contributed by atoms with Crippen molar-refractivity contribution in [2.75, 3.05) is 6.61 Å². The Labute approximate surface area is 139 Å². The number of aromatic amines is 1. The minimum Gasteiger partial charge on any atom is -0.481 e. The van der Waals surface area contributed by atoms with Crippen molar-refractivity contribution in [3.05, 3.63) is 34.3 Å². The molecule has 0 spiro atoms. The van der Waals surface area contributed by atoms with Crippen molar-refractivity contribution in [2.24, 2.45) is 5.92 Å². The first kappa shape index (κ1) is 16.5. The smallest absolute Gasteiger partial charge is 0.306 e. The van der Waals surface area contributed by atoms with E-state index < -0.39 is 17.4 Å². The van der Waals surface area contributed by atoms with Crippen LogP contribution in [0.1, 0.15) is 42.7 Å². The largest absolute Gasteiger partial charge is 0.481 e. The van der Waals surface area contributed by atoms with Gasteiger partial charge in [0.05, 0.1) is 29.8 Å². The van der Waals surface area contributed by atoms with Crippen molar-refractivity contribution >= 4 is 16.9 Å². The zero-order chi connectivity index (χ0) is 17.6. The Hall–Kier alpha value is -2.39. The number of nitrogens with zero attached hydrogens (tertiary/aromatic N) is 1. The lowest BCUT2D eigenvalue weighted by molar-refractivity contribution is -0.154. The van der Waals surface area contributed by atoms with Crippen molar-refractivity contribution in [1.82, 2.24) is 4.98 Å². The number of aryl methyl sites for hydroxylation is 1. The van der Waals surface area contributed by atoms with E-state index in [0.717, 1.165) is 5.56 Å². The second-order valence-electron chi connectivity index (χ2n) is 6.60. The van der Waals surface area contributed by atoms with E-state index in [2.05, 4.69) is 4.98 Å². The summed E-state index contributed by atoms with van der Waals surface area (Å²) < 4.78 is 20.2. The van der Waals surface area contributed by atoms with Crippen LogP contribution in [0.4, 0.5) is 4.39 Å². The molecule has 0 fully saturated rings. The molecule has 0 amide bonds. The fraction of sp³-hybridized carbons (Fsp3) is 0.444. The van der Waals surface area contributed by atoms with Crippen LogP contribution in [0.15, 0.2) is 6.07 Å². The van der Waals surface area contributed by atoms with E-state index in [0.29, 0.717) is 35.2 Å². The number of aromatic nitrogens is 1. The fourth-order valence-corrected chi connectivity index (χ4v) is 3.72. The molecule has 0 saturated carbocycles. The lowest BCUT2D eigenvalue weighted by Gasteiger charge is -2.39. The second kappa shape index (κ2) is 5.60. The van der Waals surface area contributed by atoms with Crippen LogP contribution >= 0.6 is 0 Å². The van der Waals surface area contributed by atoms with Gasteiger partial charge in [0.2, 0.25) is 0 Å². The van der Waals surface area contributed by atoms with Gasteiger partial charge in [0, 0.05) is 5.39 Å². The van der Waals surface area contributed by atoms with Crippen molar-refractivity contribution in [2.45, 2.75) is 39.2 Å². The second-order valence-corrected chi connectivity index (χ2v) is 6.60. The van der Waals surface area contributed by atoms with Gasteiger partial charge >= 0.3 is 5.97 Å². The van der Waals surface area contributed by atoms with Gasteiger partial charge in [-0.1, -0.05) is 13.8 Å². The third-order valence-corrected chi connectivity index (χ3v) is 4.92. The number of nitriles is 1. The van der Waals surface area contributed by atoms with Gasteiger partial charge in [-0.3, -0.25) is 4.79 Å². The third-order valence-electron chi connectivity index (χ3n) is 4.92. The van der Waals surface area contributed by atoms with Crippen LogP contribution in [-0.4, -0.2) is 22.7 Å². The first-order valence-electron chi connectivity index (χ1n) is 7.91. The molecule has 3 rings (SSSR count). The number of H-pyrrole nitrogens is 1. The molecule has 0 saturated heterocycles. The first-order valence-corrected chi connectivity index (χ1v) is 7.91. The van der Waals surface area contributed by atoms with Crippen LogP contribution in [0.3, 0.4) is 0 Å². The van der Waals surface area contributed by atoms with Crippen molar-refractivity contribution in [3.63, 3.8) is 0 Å². The molecule has 1 aromatic carbocycles. The van der Waals surface area contributed by atoms with E-state index in [1.165, 1.54) is 6.07 Å². The summed E-state index contributed by atoms with van der Waals surface area (Å²) in [5.74, 6) is -1.61. The molecule has 0 aliphatic carbocycles. The summed E-state index contributed by atoms with van der Waals surface area (Å²) in [7, 11) is 0. The molecular weight excluding hydrogens is 311 g/mol. The molecule has 1 unspecified atom stereocenters. The molecule has 2 aromatic rings. The predicted molar refractivity (Wildman–Crippen MR) is 86.1 cm³/mol. The van der Waals surface area contributed by atoms with Crippen LogP contribution < -0.4 is 0 Å². The third kappa shape index (κ3) is 2.20. The molecule has 24 heavy (non-hydrogen) atoms. The predicted octanol–water partition coefficient (Wildman–Crippen LogP) is 3.39. The summed E-state index contributed by atoms with van der Waals surface area (Å²) in [5.41, 5.74) is 1.82. The zero-order valence-corrected chi connectivity index (χ0v) is 13.9. The van der Waals surface area contributed by atoms with Crippen molar-refractivity contribution in [1.29, 1.82) is 5.26 Å². The van der Waals surface area contributed by atoms with Gasteiger partial charge < -0.3 is 14.8 Å². The quantitative estimate of drug-likeness (QED) is 0.903. The van der Waals surface area contributed by atoms with Gasteiger partial charge in [-0.05, 0) is 36.5 Å². The number of carboxylic acid groups (broad SMARTS) is 1. The number of aliphatic carboxylic acids is 1. The summed E-state index contributed by atoms with van der Waals surface area (Å²) in [4.78, 5) is 14.7. The van der Waals surface area contributed by atoms with Crippen molar-refractivity contribution < 1.29 is 19.0 Å². The molecule has 1 atom stereocenters. The SMILES string of the molecule is Cc1cc(F)c(C#N)c2c3c([nH]c12)C(CC(=O)O)(C(C)C)OCC3. The monoisotopic (exact) mass is 330 g/mol. The molecule has 5 nitrogen and oxygen atoms in total. The fourth-order valence-electron chi connectivity index (χ4n) is 3.72. The molecule has 126 valence electrons. The van der Waals surface area contributed by atoms with E-state index in [-0.39, 0.29) is 17.9 Å². The van der Waals surface area contributed by atoms with Crippen LogP contribution in [0.2, 0.25) is 0 Å². The topological polar surface area (TPSA) is 86.1 Å². The van der Waals surface area contributed by atoms with Crippen LogP contribution in [-0.2, 0) is 21.6 Å². The van der Waals surface area contributed by atoms with Gasteiger partial charge in [0.25, 0.3) is 0 Å². The Kier molecular flexibility index (Phi) is 3.84. The molecule has 2 heterocycles. The standard InChI is InChI=1S/C18H19FN2O3/c1-9(2)18(7-14(22)23)17-11(4-5-24-18)15-12(8-20)13(19)6-10(3)16(15)21-17/h6,9,21H,4-5,7H2,1-3H3,(H,22,23). The Balaban J connectivity index is 2.39. The van der Waals surface area contributed by atoms with Crippen molar-refractivity contribution in [3.8, 4) is 6.07 Å². The maximum atomic E-state index is 14.2. The highest BCUT2D eigenvalue weighted by molar-refractivity contribution is 5.93. The normalized spacial score (nSPS) is 20.2. The minimum absolute atomic E-state index is 0.00276. The van der Waals surface area contributed by atoms with E-state index in [4.69, 9.17) is 4.74 Å². The highest BCUT2D eigenvalue weighted by Crippen LogP contribution is 2.45. The molecule has 0 bridgehead atoms. The lowest BCUT2D eigenvalue weighted by Crippen LogP contribution is -2.42. The van der Waals surface area contributed by atoms with Gasteiger partial charge in [-0.25, -0.2) is 4.39 Å². The lowest BCUT2D eigenvalue weighted by atomic mass is 9.79. The molecule has 1 aliphatic rings. The number of rotatable bonds is 3. The number of halogens is 1. The zero-order valence-electron chi connectivity index (χ0n) is 13.9. The van der Waals surface area contributed by atoms with E-state index in [9.17, 15) is 19.6 Å². The number of fused-ring (bicyclic) bond motifs is 3. The molecular formula is C18H19FN2O3. The number of hydrogen-bond acceptors (Lipinski definition) is 3. The molecule has 2 N–H and O–H groups in total. The Morgan fingerprint density at radius 2 is 2.29 bits per heavy atom. The number of carboxylic acids is 1. The van der Waals surface area contributed by atoms with E-state index in [1.807, 2.05) is 19.9 Å². The number of carbonyl (C=O) groups is 1. The van der Waals surface area contributed by atoms with Gasteiger partial charge in [0.1, 0.15) is 17.5 Å². The Bertz CT molecular complexity index is 879. The number of hydrogen-bond donors (Lipinski definition) is 2. The molecule has 1 aliphatic heterocycles. The first-order chi connectivity index (χ1) is 11.3. The van der Waals surface area contributed by atoms with Gasteiger partial charge in [-0.15, -0.1) is 0 Å². The minimum atomic E-state index is -1.01. The van der Waals surface area contributed by atoms with E-state index in [1.54, 1.807) is 6.92 Å². The summed E-state index contributed by atoms with van der Waals surface area (Å²) in [5, 5.41) is 19.3. The van der Waals surface area contributed by atoms with Crippen LogP contribution in [0.25, 0.3) is 10.9 Å². The number of benzene rings is 1. The number of ether oxygens (including phenoxy) is 1. The summed E-state index contributed by atoms with van der Waals surface area (Å²) >= 11 is 0. The highest BCUT2D eigenvalue weighted by Gasteiger charge is 2.45. The van der Waals surface area contributed by atoms with Gasteiger partial charge in [-0.2, -0.15) is 5.26 Å². The highest BCUT2D eigenvalue weighted by atomic mass is 19.1. The molecule has 1 aromatic heterocycles. The average molecular weight is 330 g/mol. The Morgan fingerprint density at radius 1 is 1.58 bits per heavy atom. The van der Waals surface area contributed by atoms with Crippen LogP contribution in [0.5, 0.6) is 0 Å².